The van der Waals surface area contributed by atoms with Gasteiger partial charge in [0, 0.05) is 6.04 Å². The first-order valence-corrected chi connectivity index (χ1v) is 9.11. The largest absolute Gasteiger partial charge is 0.314 e. The molecule has 114 valence electrons. The van der Waals surface area contributed by atoms with E-state index in [1.807, 2.05) is 0 Å². The molecule has 1 heteroatoms. The lowest BCUT2D eigenvalue weighted by molar-refractivity contribution is 0.244. The first-order valence-electron chi connectivity index (χ1n) is 9.11. The summed E-state index contributed by atoms with van der Waals surface area (Å²) in [5.74, 6) is 0.982. The van der Waals surface area contributed by atoms with Crippen molar-refractivity contribution in [2.45, 2.75) is 103 Å². The van der Waals surface area contributed by atoms with Crippen molar-refractivity contribution in [1.82, 2.24) is 5.32 Å². The maximum absolute atomic E-state index is 3.79. The van der Waals surface area contributed by atoms with Crippen LogP contribution >= 0.6 is 0 Å². The van der Waals surface area contributed by atoms with E-state index in [4.69, 9.17) is 0 Å². The number of unbranched alkanes of at least 4 members (excludes halogenated alkanes) is 6. The molecule has 1 rings (SSSR count). The van der Waals surface area contributed by atoms with Crippen LogP contribution in [0.25, 0.3) is 0 Å². The van der Waals surface area contributed by atoms with Gasteiger partial charge in [0.2, 0.25) is 0 Å². The fourth-order valence-corrected chi connectivity index (χ4v) is 3.52. The van der Waals surface area contributed by atoms with E-state index in [0.29, 0.717) is 0 Å². The molecule has 0 heterocycles. The Labute approximate surface area is 121 Å². The maximum Gasteiger partial charge on any atom is 0.00953 e. The molecule has 2 unspecified atom stereocenters. The summed E-state index contributed by atoms with van der Waals surface area (Å²) in [4.78, 5) is 0. The molecule has 1 saturated carbocycles. The van der Waals surface area contributed by atoms with Crippen LogP contribution in [0.4, 0.5) is 0 Å². The standard InChI is InChI=1S/C18H37N/c1-3-5-6-7-8-9-10-13-17-14-11-12-15-18(17)19-16-4-2/h17-19H,3-16H2,1-2H3. The van der Waals surface area contributed by atoms with Gasteiger partial charge in [0.15, 0.2) is 0 Å². The lowest BCUT2D eigenvalue weighted by atomic mass is 9.81. The van der Waals surface area contributed by atoms with Gasteiger partial charge >= 0.3 is 0 Å². The van der Waals surface area contributed by atoms with Crippen LogP contribution in [0, 0.1) is 5.92 Å². The van der Waals surface area contributed by atoms with Crippen molar-refractivity contribution >= 4 is 0 Å². The lowest BCUT2D eigenvalue weighted by Crippen LogP contribution is -2.38. The molecule has 0 aromatic heterocycles. The Morgan fingerprint density at radius 2 is 1.47 bits per heavy atom. The van der Waals surface area contributed by atoms with E-state index in [1.165, 1.54) is 90.0 Å². The number of hydrogen-bond acceptors (Lipinski definition) is 1. The van der Waals surface area contributed by atoms with Crippen molar-refractivity contribution in [2.75, 3.05) is 6.54 Å². The molecule has 0 aliphatic heterocycles. The summed E-state index contributed by atoms with van der Waals surface area (Å²) in [6.07, 6.45) is 18.8. The van der Waals surface area contributed by atoms with Crippen LogP contribution in [0.3, 0.4) is 0 Å². The zero-order chi connectivity index (χ0) is 13.8. The summed E-state index contributed by atoms with van der Waals surface area (Å²) in [5.41, 5.74) is 0. The van der Waals surface area contributed by atoms with Crippen LogP contribution in [-0.2, 0) is 0 Å². The van der Waals surface area contributed by atoms with E-state index in [9.17, 15) is 0 Å². The van der Waals surface area contributed by atoms with Gasteiger partial charge < -0.3 is 5.32 Å². The van der Waals surface area contributed by atoms with Gasteiger partial charge in [0.25, 0.3) is 0 Å². The first kappa shape index (κ1) is 17.0. The van der Waals surface area contributed by atoms with E-state index in [-0.39, 0.29) is 0 Å². The summed E-state index contributed by atoms with van der Waals surface area (Å²) in [6.45, 7) is 5.80. The van der Waals surface area contributed by atoms with Crippen molar-refractivity contribution < 1.29 is 0 Å². The van der Waals surface area contributed by atoms with Gasteiger partial charge in [-0.3, -0.25) is 0 Å². The van der Waals surface area contributed by atoms with Crippen molar-refractivity contribution in [3.8, 4) is 0 Å². The van der Waals surface area contributed by atoms with Crippen LogP contribution in [-0.4, -0.2) is 12.6 Å². The maximum atomic E-state index is 3.79. The molecule has 2 atom stereocenters. The third kappa shape index (κ3) is 7.97. The third-order valence-corrected chi connectivity index (χ3v) is 4.74. The molecular formula is C18H37N. The van der Waals surface area contributed by atoms with Crippen molar-refractivity contribution in [2.24, 2.45) is 5.92 Å². The molecule has 0 aromatic carbocycles. The molecule has 0 aromatic rings. The Morgan fingerprint density at radius 1 is 0.789 bits per heavy atom. The second-order valence-corrected chi connectivity index (χ2v) is 6.52. The van der Waals surface area contributed by atoms with Gasteiger partial charge in [0.05, 0.1) is 0 Å². The van der Waals surface area contributed by atoms with Gasteiger partial charge in [-0.2, -0.15) is 0 Å². The van der Waals surface area contributed by atoms with E-state index < -0.39 is 0 Å². The Bertz CT molecular complexity index is 190. The summed E-state index contributed by atoms with van der Waals surface area (Å²) in [6, 6.07) is 0.841. The zero-order valence-electron chi connectivity index (χ0n) is 13.6. The van der Waals surface area contributed by atoms with Gasteiger partial charge in [0.1, 0.15) is 0 Å². The Hall–Kier alpha value is -0.0400. The summed E-state index contributed by atoms with van der Waals surface area (Å²) in [5, 5.41) is 3.79. The number of rotatable bonds is 11. The first-order chi connectivity index (χ1) is 9.38. The van der Waals surface area contributed by atoms with Gasteiger partial charge in [-0.05, 0) is 38.1 Å². The highest BCUT2D eigenvalue weighted by molar-refractivity contribution is 4.80. The highest BCUT2D eigenvalue weighted by Crippen LogP contribution is 2.29. The van der Waals surface area contributed by atoms with Crippen LogP contribution in [0.15, 0.2) is 0 Å². The summed E-state index contributed by atoms with van der Waals surface area (Å²) >= 11 is 0. The smallest absolute Gasteiger partial charge is 0.00953 e. The SMILES string of the molecule is CCCCCCCCCC1CCCCC1NCCC. The second-order valence-electron chi connectivity index (χ2n) is 6.52. The van der Waals surface area contributed by atoms with E-state index in [2.05, 4.69) is 19.2 Å². The average molecular weight is 268 g/mol. The molecule has 1 nitrogen and oxygen atoms in total. The fraction of sp³-hybridized carbons (Fsp3) is 1.00. The monoisotopic (exact) mass is 267 g/mol. The lowest BCUT2D eigenvalue weighted by Gasteiger charge is -2.32. The van der Waals surface area contributed by atoms with Crippen LogP contribution in [0.5, 0.6) is 0 Å². The molecule has 1 N–H and O–H groups in total. The number of hydrogen-bond donors (Lipinski definition) is 1. The van der Waals surface area contributed by atoms with Crippen LogP contribution in [0.2, 0.25) is 0 Å². The van der Waals surface area contributed by atoms with Gasteiger partial charge in [-0.15, -0.1) is 0 Å². The minimum absolute atomic E-state index is 0.841. The molecule has 0 spiro atoms. The fourth-order valence-electron chi connectivity index (χ4n) is 3.52. The average Bonchev–Trinajstić information content (AvgIpc) is 2.45. The van der Waals surface area contributed by atoms with Crippen molar-refractivity contribution in [3.63, 3.8) is 0 Å². The third-order valence-electron chi connectivity index (χ3n) is 4.74. The second kappa shape index (κ2) is 11.8. The van der Waals surface area contributed by atoms with Crippen LogP contribution in [0.1, 0.15) is 97.3 Å². The van der Waals surface area contributed by atoms with Gasteiger partial charge in [-0.25, -0.2) is 0 Å². The van der Waals surface area contributed by atoms with Crippen molar-refractivity contribution in [3.05, 3.63) is 0 Å². The topological polar surface area (TPSA) is 12.0 Å². The molecule has 1 aliphatic carbocycles. The molecule has 19 heavy (non-hydrogen) atoms. The highest BCUT2D eigenvalue weighted by Gasteiger charge is 2.23. The number of nitrogens with one attached hydrogen (secondary N) is 1. The predicted octanol–water partition coefficient (Wildman–Crippen LogP) is 5.69. The normalized spacial score (nSPS) is 23.7. The Kier molecular flexibility index (Phi) is 10.5. The molecule has 0 bridgehead atoms. The molecular weight excluding hydrogens is 230 g/mol. The quantitative estimate of drug-likeness (QED) is 0.474. The molecule has 0 amide bonds. The minimum Gasteiger partial charge on any atom is -0.314 e. The molecule has 0 radical (unpaired) electrons. The molecule has 0 saturated heterocycles. The van der Waals surface area contributed by atoms with Crippen molar-refractivity contribution in [1.29, 1.82) is 0 Å². The molecule has 1 fully saturated rings. The van der Waals surface area contributed by atoms with E-state index >= 15 is 0 Å². The Balaban J connectivity index is 2.04. The summed E-state index contributed by atoms with van der Waals surface area (Å²) in [7, 11) is 0. The summed E-state index contributed by atoms with van der Waals surface area (Å²) < 4.78 is 0. The zero-order valence-corrected chi connectivity index (χ0v) is 13.6. The predicted molar refractivity (Wildman–Crippen MR) is 86.6 cm³/mol. The van der Waals surface area contributed by atoms with E-state index in [1.54, 1.807) is 0 Å². The minimum atomic E-state index is 0.841. The molecule has 1 aliphatic rings. The van der Waals surface area contributed by atoms with Gasteiger partial charge in [-0.1, -0.05) is 71.6 Å². The van der Waals surface area contributed by atoms with E-state index in [0.717, 1.165) is 12.0 Å². The van der Waals surface area contributed by atoms with Crippen LogP contribution < -0.4 is 5.32 Å². The highest BCUT2D eigenvalue weighted by atomic mass is 14.9. The Morgan fingerprint density at radius 3 is 2.21 bits per heavy atom.